The van der Waals surface area contributed by atoms with E-state index >= 15 is 0 Å². The number of nitrogens with zero attached hydrogens (tertiary/aromatic N) is 1. The molecule has 7 nitrogen and oxygen atoms in total. The molecule has 1 N–H and O–H groups in total. The predicted octanol–water partition coefficient (Wildman–Crippen LogP) is 1.60. The second-order valence-corrected chi connectivity index (χ2v) is 7.87. The highest BCUT2D eigenvalue weighted by Gasteiger charge is 2.38. The Morgan fingerprint density at radius 3 is 2.57 bits per heavy atom. The van der Waals surface area contributed by atoms with Gasteiger partial charge in [-0.3, -0.25) is 4.79 Å². The van der Waals surface area contributed by atoms with Gasteiger partial charge in [-0.2, -0.15) is 4.31 Å². The second-order valence-electron chi connectivity index (χ2n) is 6.01. The first-order chi connectivity index (χ1) is 10.8. The van der Waals surface area contributed by atoms with Crippen molar-refractivity contribution in [3.63, 3.8) is 0 Å². The lowest BCUT2D eigenvalue weighted by atomic mass is 9.96. The molecule has 1 aromatic rings. The summed E-state index contributed by atoms with van der Waals surface area (Å²) >= 11 is 0. The van der Waals surface area contributed by atoms with Gasteiger partial charge in [-0.1, -0.05) is 0 Å². The van der Waals surface area contributed by atoms with Crippen LogP contribution in [-0.4, -0.2) is 43.2 Å². The van der Waals surface area contributed by atoms with Gasteiger partial charge < -0.3 is 14.6 Å². The maximum Gasteiger partial charge on any atom is 0.307 e. The fourth-order valence-corrected chi connectivity index (χ4v) is 4.97. The summed E-state index contributed by atoms with van der Waals surface area (Å²) < 4.78 is 37.9. The van der Waals surface area contributed by atoms with E-state index < -0.39 is 21.9 Å². The highest BCUT2D eigenvalue weighted by molar-refractivity contribution is 7.89. The molecule has 0 radical (unpaired) electrons. The Morgan fingerprint density at radius 2 is 1.91 bits per heavy atom. The molecule has 3 rings (SSSR count). The molecule has 2 heterocycles. The van der Waals surface area contributed by atoms with Gasteiger partial charge in [-0.05, 0) is 38.3 Å². The van der Waals surface area contributed by atoms with Crippen molar-refractivity contribution in [1.29, 1.82) is 0 Å². The zero-order valence-corrected chi connectivity index (χ0v) is 13.8. The van der Waals surface area contributed by atoms with Crippen LogP contribution in [0.1, 0.15) is 25.3 Å². The van der Waals surface area contributed by atoms with Crippen LogP contribution in [0.3, 0.4) is 0 Å². The summed E-state index contributed by atoms with van der Waals surface area (Å²) in [5.74, 6) is -0.708. The molecule has 0 amide bonds. The summed E-state index contributed by atoms with van der Waals surface area (Å²) in [6.07, 6.45) is 1.02. The van der Waals surface area contributed by atoms with Crippen molar-refractivity contribution in [1.82, 2.24) is 4.31 Å². The van der Waals surface area contributed by atoms with Crippen molar-refractivity contribution in [3.05, 3.63) is 17.7 Å². The third-order valence-electron chi connectivity index (χ3n) is 4.43. The van der Waals surface area contributed by atoms with Gasteiger partial charge in [0, 0.05) is 18.7 Å². The van der Waals surface area contributed by atoms with E-state index in [0.29, 0.717) is 29.9 Å². The normalized spacial score (nSPS) is 24.6. The van der Waals surface area contributed by atoms with Gasteiger partial charge in [0.05, 0.1) is 10.8 Å². The van der Waals surface area contributed by atoms with E-state index in [9.17, 15) is 18.3 Å². The maximum atomic E-state index is 13.0. The Kier molecular flexibility index (Phi) is 3.97. The summed E-state index contributed by atoms with van der Waals surface area (Å²) in [6, 6.07) is 2.86. The Bertz CT molecular complexity index is 745. The van der Waals surface area contributed by atoms with Crippen LogP contribution in [-0.2, 0) is 14.8 Å². The molecule has 1 saturated heterocycles. The molecule has 2 aliphatic heterocycles. The molecule has 2 unspecified atom stereocenters. The largest absolute Gasteiger partial charge is 0.481 e. The van der Waals surface area contributed by atoms with Crippen LogP contribution in [0.5, 0.6) is 11.5 Å². The molecule has 2 atom stereocenters. The number of hydrogen-bond donors (Lipinski definition) is 1. The molecule has 0 bridgehead atoms. The second kappa shape index (κ2) is 5.68. The summed E-state index contributed by atoms with van der Waals surface area (Å²) in [5.41, 5.74) is 0.555. The van der Waals surface area contributed by atoms with E-state index in [1.165, 1.54) is 10.4 Å². The standard InChI is InChI=1S/C15H19NO6S/c1-9-5-12-13(22-8-21-12)6-14(9)23(19,20)16-7-11(15(17)18)4-3-10(16)2/h5-6,10-11H,3-4,7-8H2,1-2H3,(H,17,18). The third kappa shape index (κ3) is 2.76. The van der Waals surface area contributed by atoms with E-state index in [-0.39, 0.29) is 24.3 Å². The number of sulfonamides is 1. The van der Waals surface area contributed by atoms with Gasteiger partial charge in [-0.15, -0.1) is 0 Å². The topological polar surface area (TPSA) is 93.1 Å². The lowest BCUT2D eigenvalue weighted by molar-refractivity contribution is -0.143. The number of piperidine rings is 1. The number of ether oxygens (including phenoxy) is 2. The minimum Gasteiger partial charge on any atom is -0.481 e. The number of carbonyl (C=O) groups is 1. The zero-order valence-electron chi connectivity index (χ0n) is 13.0. The molecule has 126 valence electrons. The molecule has 0 spiro atoms. The van der Waals surface area contributed by atoms with Gasteiger partial charge in [-0.25, -0.2) is 8.42 Å². The van der Waals surface area contributed by atoms with Gasteiger partial charge in [0.15, 0.2) is 11.5 Å². The fraction of sp³-hybridized carbons (Fsp3) is 0.533. The molecular weight excluding hydrogens is 322 g/mol. The van der Waals surface area contributed by atoms with E-state index in [1.807, 2.05) is 0 Å². The van der Waals surface area contributed by atoms with Crippen molar-refractivity contribution in [2.24, 2.45) is 5.92 Å². The number of fused-ring (bicyclic) bond motifs is 1. The molecule has 0 aromatic heterocycles. The number of carboxylic acid groups (broad SMARTS) is 1. The Morgan fingerprint density at radius 1 is 1.26 bits per heavy atom. The highest BCUT2D eigenvalue weighted by atomic mass is 32.2. The first-order valence-corrected chi connectivity index (χ1v) is 8.89. The lowest BCUT2D eigenvalue weighted by Crippen LogP contribution is -2.47. The molecular formula is C15H19NO6S. The van der Waals surface area contributed by atoms with Crippen LogP contribution < -0.4 is 9.47 Å². The number of aliphatic carboxylic acids is 1. The van der Waals surface area contributed by atoms with E-state index in [1.54, 1.807) is 19.9 Å². The Hall–Kier alpha value is -1.80. The average molecular weight is 341 g/mol. The van der Waals surface area contributed by atoms with Crippen molar-refractivity contribution < 1.29 is 27.8 Å². The summed E-state index contributed by atoms with van der Waals surface area (Å²) in [6.45, 7) is 3.56. The molecule has 0 saturated carbocycles. The van der Waals surface area contributed by atoms with Gasteiger partial charge in [0.1, 0.15) is 0 Å². The number of rotatable bonds is 3. The number of hydrogen-bond acceptors (Lipinski definition) is 5. The molecule has 23 heavy (non-hydrogen) atoms. The average Bonchev–Trinajstić information content (AvgIpc) is 2.93. The van der Waals surface area contributed by atoms with Gasteiger partial charge in [0.25, 0.3) is 0 Å². The summed E-state index contributed by atoms with van der Waals surface area (Å²) in [7, 11) is -3.80. The monoisotopic (exact) mass is 341 g/mol. The van der Waals surface area contributed by atoms with E-state index in [4.69, 9.17) is 9.47 Å². The van der Waals surface area contributed by atoms with Crippen molar-refractivity contribution in [3.8, 4) is 11.5 Å². The van der Waals surface area contributed by atoms with Crippen LogP contribution in [0.25, 0.3) is 0 Å². The lowest BCUT2D eigenvalue weighted by Gasteiger charge is -2.35. The first-order valence-electron chi connectivity index (χ1n) is 7.45. The van der Waals surface area contributed by atoms with Crippen LogP contribution in [0.4, 0.5) is 0 Å². The zero-order chi connectivity index (χ0) is 16.8. The van der Waals surface area contributed by atoms with Crippen LogP contribution in [0, 0.1) is 12.8 Å². The predicted molar refractivity (Wildman–Crippen MR) is 81.0 cm³/mol. The quantitative estimate of drug-likeness (QED) is 0.897. The van der Waals surface area contributed by atoms with Crippen LogP contribution in [0.2, 0.25) is 0 Å². The van der Waals surface area contributed by atoms with E-state index in [0.717, 1.165) is 0 Å². The molecule has 1 fully saturated rings. The van der Waals surface area contributed by atoms with E-state index in [2.05, 4.69) is 0 Å². The summed E-state index contributed by atoms with van der Waals surface area (Å²) in [5, 5.41) is 9.20. The van der Waals surface area contributed by atoms with Gasteiger partial charge >= 0.3 is 5.97 Å². The highest BCUT2D eigenvalue weighted by Crippen LogP contribution is 2.38. The third-order valence-corrected chi connectivity index (χ3v) is 6.55. The molecule has 1 aromatic carbocycles. The Labute approximate surface area is 134 Å². The van der Waals surface area contributed by atoms with Crippen molar-refractivity contribution in [2.45, 2.75) is 37.6 Å². The van der Waals surface area contributed by atoms with Crippen molar-refractivity contribution >= 4 is 16.0 Å². The van der Waals surface area contributed by atoms with Crippen LogP contribution >= 0.6 is 0 Å². The summed E-state index contributed by atoms with van der Waals surface area (Å²) in [4.78, 5) is 11.4. The smallest absolute Gasteiger partial charge is 0.307 e. The SMILES string of the molecule is Cc1cc2c(cc1S(=O)(=O)N1CC(C(=O)O)CCC1C)OCO2. The number of benzene rings is 1. The Balaban J connectivity index is 1.99. The molecule has 0 aliphatic carbocycles. The minimum absolute atomic E-state index is 0.00723. The fourth-order valence-electron chi connectivity index (χ4n) is 3.04. The molecule has 2 aliphatic rings. The van der Waals surface area contributed by atoms with Crippen LogP contribution in [0.15, 0.2) is 17.0 Å². The first kappa shape index (κ1) is 16.1. The van der Waals surface area contributed by atoms with Gasteiger partial charge in [0.2, 0.25) is 16.8 Å². The number of aryl methyl sites for hydroxylation is 1. The maximum absolute atomic E-state index is 13.0. The minimum atomic E-state index is -3.80. The number of carboxylic acids is 1. The van der Waals surface area contributed by atoms with Crippen molar-refractivity contribution in [2.75, 3.05) is 13.3 Å². The molecule has 8 heteroatoms.